The van der Waals surface area contributed by atoms with Crippen LogP contribution in [0.5, 0.6) is 0 Å². The smallest absolute Gasteiger partial charge is 0.224 e. The van der Waals surface area contributed by atoms with E-state index in [1.54, 1.807) is 0 Å². The average molecular weight is 293 g/mol. The van der Waals surface area contributed by atoms with Crippen LogP contribution in [0.15, 0.2) is 0 Å². The number of rotatable bonds is 3. The molecule has 2 N–H and O–H groups in total. The summed E-state index contributed by atoms with van der Waals surface area (Å²) in [7, 11) is 0. The molecule has 2 rings (SSSR count). The standard InChI is InChI=1S/C13H24N2OS.ClH/c1-17-12-6-2-5-11(8-12)15-13(16)10-4-3-7-14-9-10;/h10-12,14H,2-9H2,1H3,(H,15,16);1H. The number of hydrogen-bond donors (Lipinski definition) is 2. The van der Waals surface area contributed by atoms with Crippen molar-refractivity contribution in [3.8, 4) is 0 Å². The van der Waals surface area contributed by atoms with E-state index in [9.17, 15) is 4.79 Å². The minimum absolute atomic E-state index is 0. The molecule has 3 unspecified atom stereocenters. The van der Waals surface area contributed by atoms with Crippen LogP contribution in [0.4, 0.5) is 0 Å². The monoisotopic (exact) mass is 292 g/mol. The van der Waals surface area contributed by atoms with E-state index < -0.39 is 0 Å². The molecule has 1 amide bonds. The highest BCUT2D eigenvalue weighted by Gasteiger charge is 2.26. The van der Waals surface area contributed by atoms with E-state index in [-0.39, 0.29) is 24.2 Å². The molecule has 0 bridgehead atoms. The second kappa shape index (κ2) is 8.28. The van der Waals surface area contributed by atoms with Crippen molar-refractivity contribution >= 4 is 30.1 Å². The zero-order valence-corrected chi connectivity index (χ0v) is 12.7. The molecule has 0 aromatic heterocycles. The second-order valence-corrected chi connectivity index (χ2v) is 6.41. The maximum Gasteiger partial charge on any atom is 0.224 e. The van der Waals surface area contributed by atoms with Gasteiger partial charge in [0.2, 0.25) is 5.91 Å². The molecule has 1 saturated heterocycles. The van der Waals surface area contributed by atoms with Crippen molar-refractivity contribution in [3.63, 3.8) is 0 Å². The normalized spacial score (nSPS) is 32.4. The highest BCUT2D eigenvalue weighted by atomic mass is 35.5. The fraction of sp³-hybridized carbons (Fsp3) is 0.923. The fourth-order valence-electron chi connectivity index (χ4n) is 2.88. The minimum Gasteiger partial charge on any atom is -0.353 e. The molecule has 3 atom stereocenters. The van der Waals surface area contributed by atoms with Crippen LogP contribution < -0.4 is 10.6 Å². The molecule has 2 aliphatic rings. The molecule has 1 aliphatic carbocycles. The van der Waals surface area contributed by atoms with E-state index in [4.69, 9.17) is 0 Å². The van der Waals surface area contributed by atoms with E-state index in [1.165, 1.54) is 19.3 Å². The van der Waals surface area contributed by atoms with Gasteiger partial charge in [-0.05, 0) is 44.9 Å². The highest BCUT2D eigenvalue weighted by molar-refractivity contribution is 7.99. The molecule has 0 aromatic rings. The molecular weight excluding hydrogens is 268 g/mol. The lowest BCUT2D eigenvalue weighted by molar-refractivity contribution is -0.126. The quantitative estimate of drug-likeness (QED) is 0.838. The van der Waals surface area contributed by atoms with Crippen LogP contribution in [0.3, 0.4) is 0 Å². The third-order valence-corrected chi connectivity index (χ3v) is 5.07. The number of carbonyl (C=O) groups is 1. The Labute approximate surface area is 121 Å². The summed E-state index contributed by atoms with van der Waals surface area (Å²) < 4.78 is 0. The minimum atomic E-state index is 0. The van der Waals surface area contributed by atoms with Gasteiger partial charge >= 0.3 is 0 Å². The first kappa shape index (κ1) is 16.1. The molecule has 106 valence electrons. The van der Waals surface area contributed by atoms with Gasteiger partial charge in [-0.15, -0.1) is 12.4 Å². The van der Waals surface area contributed by atoms with Crippen molar-refractivity contribution < 1.29 is 4.79 Å². The third-order valence-electron chi connectivity index (χ3n) is 3.97. The summed E-state index contributed by atoms with van der Waals surface area (Å²) >= 11 is 1.95. The number of thioether (sulfide) groups is 1. The molecule has 1 saturated carbocycles. The molecule has 1 aliphatic heterocycles. The number of hydrogen-bond acceptors (Lipinski definition) is 3. The zero-order chi connectivity index (χ0) is 12.1. The van der Waals surface area contributed by atoms with Gasteiger partial charge in [0, 0.05) is 17.8 Å². The molecular formula is C13H25ClN2OS. The summed E-state index contributed by atoms with van der Waals surface area (Å²) in [6.45, 7) is 1.94. The summed E-state index contributed by atoms with van der Waals surface area (Å²) in [5, 5.41) is 7.32. The first-order valence-corrected chi connectivity index (χ1v) is 8.12. The van der Waals surface area contributed by atoms with Crippen molar-refractivity contribution in [2.45, 2.75) is 49.8 Å². The van der Waals surface area contributed by atoms with Crippen molar-refractivity contribution in [3.05, 3.63) is 0 Å². The topological polar surface area (TPSA) is 41.1 Å². The molecule has 3 nitrogen and oxygen atoms in total. The Balaban J connectivity index is 0.00000162. The zero-order valence-electron chi connectivity index (χ0n) is 11.1. The molecule has 5 heteroatoms. The van der Waals surface area contributed by atoms with Gasteiger partial charge in [0.1, 0.15) is 0 Å². The summed E-state index contributed by atoms with van der Waals surface area (Å²) in [6, 6.07) is 0.427. The van der Waals surface area contributed by atoms with E-state index in [1.807, 2.05) is 11.8 Å². The third kappa shape index (κ3) is 4.63. The lowest BCUT2D eigenvalue weighted by Gasteiger charge is -2.31. The van der Waals surface area contributed by atoms with E-state index in [0.29, 0.717) is 6.04 Å². The van der Waals surface area contributed by atoms with Crippen LogP contribution in [0, 0.1) is 5.92 Å². The van der Waals surface area contributed by atoms with Gasteiger partial charge < -0.3 is 10.6 Å². The van der Waals surface area contributed by atoms with Crippen LogP contribution in [-0.2, 0) is 4.79 Å². The van der Waals surface area contributed by atoms with Crippen LogP contribution in [0.25, 0.3) is 0 Å². The maximum absolute atomic E-state index is 12.1. The Morgan fingerprint density at radius 2 is 2.11 bits per heavy atom. The molecule has 0 aromatic carbocycles. The van der Waals surface area contributed by atoms with Crippen LogP contribution in [0.2, 0.25) is 0 Å². The van der Waals surface area contributed by atoms with Crippen molar-refractivity contribution in [2.24, 2.45) is 5.92 Å². The van der Waals surface area contributed by atoms with Crippen LogP contribution in [0.1, 0.15) is 38.5 Å². The summed E-state index contributed by atoms with van der Waals surface area (Å²) in [6.07, 6.45) is 9.28. The average Bonchev–Trinajstić information content (AvgIpc) is 2.40. The van der Waals surface area contributed by atoms with Gasteiger partial charge in [0.25, 0.3) is 0 Å². The van der Waals surface area contributed by atoms with Crippen LogP contribution in [-0.4, -0.2) is 36.5 Å². The van der Waals surface area contributed by atoms with Gasteiger partial charge in [-0.2, -0.15) is 11.8 Å². The lowest BCUT2D eigenvalue weighted by atomic mass is 9.93. The summed E-state index contributed by atoms with van der Waals surface area (Å²) in [4.78, 5) is 12.1. The SMILES string of the molecule is CSC1CCCC(NC(=O)C2CCCNC2)C1.Cl. The number of nitrogens with one attached hydrogen (secondary N) is 2. The van der Waals surface area contributed by atoms with Gasteiger partial charge in [0.05, 0.1) is 5.92 Å². The Hall–Kier alpha value is 0.0700. The highest BCUT2D eigenvalue weighted by Crippen LogP contribution is 2.27. The number of carbonyl (C=O) groups excluding carboxylic acids is 1. The first-order chi connectivity index (χ1) is 8.29. The maximum atomic E-state index is 12.1. The van der Waals surface area contributed by atoms with Gasteiger partial charge in [0.15, 0.2) is 0 Å². The second-order valence-electron chi connectivity index (χ2n) is 5.27. The van der Waals surface area contributed by atoms with E-state index in [0.717, 1.165) is 37.6 Å². The van der Waals surface area contributed by atoms with E-state index >= 15 is 0 Å². The molecule has 0 radical (unpaired) electrons. The number of amides is 1. The summed E-state index contributed by atoms with van der Waals surface area (Å²) in [5.41, 5.74) is 0. The largest absolute Gasteiger partial charge is 0.353 e. The van der Waals surface area contributed by atoms with Crippen LogP contribution >= 0.6 is 24.2 Å². The Bertz CT molecular complexity index is 259. The van der Waals surface area contributed by atoms with Crippen molar-refractivity contribution in [2.75, 3.05) is 19.3 Å². The lowest BCUT2D eigenvalue weighted by Crippen LogP contribution is -2.46. The van der Waals surface area contributed by atoms with Crippen molar-refractivity contribution in [1.82, 2.24) is 10.6 Å². The Kier molecular flexibility index (Phi) is 7.42. The molecule has 2 fully saturated rings. The van der Waals surface area contributed by atoms with Crippen molar-refractivity contribution in [1.29, 1.82) is 0 Å². The predicted molar refractivity (Wildman–Crippen MR) is 80.5 cm³/mol. The first-order valence-electron chi connectivity index (χ1n) is 6.83. The predicted octanol–water partition coefficient (Wildman–Crippen LogP) is 2.20. The van der Waals surface area contributed by atoms with E-state index in [2.05, 4.69) is 16.9 Å². The van der Waals surface area contributed by atoms with Gasteiger partial charge in [-0.3, -0.25) is 4.79 Å². The Morgan fingerprint density at radius 1 is 1.28 bits per heavy atom. The molecule has 18 heavy (non-hydrogen) atoms. The fourth-order valence-corrected chi connectivity index (χ4v) is 3.71. The molecule has 0 spiro atoms. The summed E-state index contributed by atoms with van der Waals surface area (Å²) in [5.74, 6) is 0.488. The number of piperidine rings is 1. The Morgan fingerprint density at radius 3 is 2.78 bits per heavy atom. The van der Waals surface area contributed by atoms with Gasteiger partial charge in [-0.25, -0.2) is 0 Å². The number of halogens is 1. The molecule has 1 heterocycles. The van der Waals surface area contributed by atoms with Gasteiger partial charge in [-0.1, -0.05) is 6.42 Å².